The minimum absolute atomic E-state index is 0.346. The predicted octanol–water partition coefficient (Wildman–Crippen LogP) is 4.84. The molecule has 0 bridgehead atoms. The van der Waals surface area contributed by atoms with Gasteiger partial charge in [-0.05, 0) is 43.1 Å². The average molecular weight is 335 g/mol. The summed E-state index contributed by atoms with van der Waals surface area (Å²) in [6.45, 7) is 4.56. The molecule has 2 nitrogen and oxygen atoms in total. The Balaban J connectivity index is 1.66. The first-order valence-corrected chi connectivity index (χ1v) is 9.89. The minimum Gasteiger partial charge on any atom is -0.297 e. The lowest BCUT2D eigenvalue weighted by Crippen LogP contribution is -2.44. The first-order valence-electron chi connectivity index (χ1n) is 9.89. The molecule has 1 aliphatic heterocycles. The van der Waals surface area contributed by atoms with E-state index in [2.05, 4.69) is 77.9 Å². The molecule has 1 fully saturated rings. The minimum atomic E-state index is 0.346. The van der Waals surface area contributed by atoms with Gasteiger partial charge in [-0.2, -0.15) is 0 Å². The zero-order chi connectivity index (χ0) is 17.1. The highest BCUT2D eigenvalue weighted by Crippen LogP contribution is 2.38. The van der Waals surface area contributed by atoms with Gasteiger partial charge in [-0.3, -0.25) is 10.2 Å². The Morgan fingerprint density at radius 1 is 1.16 bits per heavy atom. The number of nitrogens with zero attached hydrogens (tertiary/aromatic N) is 1. The molecule has 2 heteroatoms. The molecule has 3 aliphatic rings. The van der Waals surface area contributed by atoms with Crippen molar-refractivity contribution in [3.63, 3.8) is 0 Å². The second kappa shape index (κ2) is 7.72. The van der Waals surface area contributed by atoms with Crippen LogP contribution in [0.1, 0.15) is 44.3 Å². The summed E-state index contributed by atoms with van der Waals surface area (Å²) in [6.07, 6.45) is 17.1. The van der Waals surface area contributed by atoms with Crippen LogP contribution in [0.15, 0.2) is 66.3 Å². The van der Waals surface area contributed by atoms with Gasteiger partial charge in [0.05, 0.1) is 6.17 Å². The van der Waals surface area contributed by atoms with E-state index in [9.17, 15) is 0 Å². The fraction of sp³-hybridized carbons (Fsp3) is 0.478. The van der Waals surface area contributed by atoms with Crippen molar-refractivity contribution in [3.8, 4) is 0 Å². The van der Waals surface area contributed by atoms with E-state index in [0.717, 1.165) is 19.0 Å². The lowest BCUT2D eigenvalue weighted by Gasteiger charge is -2.41. The van der Waals surface area contributed by atoms with Crippen LogP contribution in [0, 0.1) is 11.8 Å². The zero-order valence-corrected chi connectivity index (χ0v) is 15.3. The van der Waals surface area contributed by atoms with Gasteiger partial charge < -0.3 is 0 Å². The maximum Gasteiger partial charge on any atom is 0.0866 e. The second-order valence-electron chi connectivity index (χ2n) is 7.80. The standard InChI is InChI=1S/C23H30N2/c1-18-9-8-14-21(17-18)22(19-10-4-2-5-11-19)25-16-15-24-23(25)20-12-6-3-7-13-20/h2-4,6-9,12-14,18-19,22-24H,5,10-11,15-17H2,1H3. The molecule has 0 saturated carbocycles. The third kappa shape index (κ3) is 3.65. The van der Waals surface area contributed by atoms with Crippen molar-refractivity contribution < 1.29 is 0 Å². The fourth-order valence-corrected chi connectivity index (χ4v) is 4.81. The van der Waals surface area contributed by atoms with Crippen LogP contribution in [-0.2, 0) is 0 Å². The van der Waals surface area contributed by atoms with Crippen molar-refractivity contribution in [1.82, 2.24) is 10.2 Å². The predicted molar refractivity (Wildman–Crippen MR) is 105 cm³/mol. The van der Waals surface area contributed by atoms with Gasteiger partial charge in [-0.15, -0.1) is 0 Å². The number of rotatable bonds is 4. The van der Waals surface area contributed by atoms with E-state index in [1.807, 2.05) is 0 Å². The molecule has 132 valence electrons. The fourth-order valence-electron chi connectivity index (χ4n) is 4.81. The van der Waals surface area contributed by atoms with Gasteiger partial charge in [0.25, 0.3) is 0 Å². The summed E-state index contributed by atoms with van der Waals surface area (Å²) >= 11 is 0. The first kappa shape index (κ1) is 16.8. The van der Waals surface area contributed by atoms with E-state index >= 15 is 0 Å². The highest BCUT2D eigenvalue weighted by Gasteiger charge is 2.37. The van der Waals surface area contributed by atoms with Crippen LogP contribution in [0.3, 0.4) is 0 Å². The smallest absolute Gasteiger partial charge is 0.0866 e. The van der Waals surface area contributed by atoms with Crippen LogP contribution in [0.25, 0.3) is 0 Å². The second-order valence-corrected chi connectivity index (χ2v) is 7.80. The summed E-state index contributed by atoms with van der Waals surface area (Å²) < 4.78 is 0. The van der Waals surface area contributed by atoms with Gasteiger partial charge in [0.15, 0.2) is 0 Å². The monoisotopic (exact) mass is 334 g/mol. The zero-order valence-electron chi connectivity index (χ0n) is 15.3. The van der Waals surface area contributed by atoms with Gasteiger partial charge >= 0.3 is 0 Å². The Labute approximate surface area is 152 Å². The normalized spacial score (nSPS) is 31.1. The van der Waals surface area contributed by atoms with Gasteiger partial charge in [0, 0.05) is 19.1 Å². The molecule has 4 rings (SSSR count). The van der Waals surface area contributed by atoms with Crippen LogP contribution in [-0.4, -0.2) is 24.0 Å². The molecular formula is C23H30N2. The summed E-state index contributed by atoms with van der Waals surface area (Å²) in [5.41, 5.74) is 3.04. The Bertz CT molecular complexity index is 658. The van der Waals surface area contributed by atoms with Crippen molar-refractivity contribution in [2.75, 3.05) is 13.1 Å². The molecule has 0 spiro atoms. The highest BCUT2D eigenvalue weighted by atomic mass is 15.3. The van der Waals surface area contributed by atoms with Gasteiger partial charge in [-0.1, -0.05) is 73.2 Å². The number of benzene rings is 1. The summed E-state index contributed by atoms with van der Waals surface area (Å²) in [5.74, 6) is 1.40. The Hall–Kier alpha value is -1.64. The molecule has 0 aromatic heterocycles. The molecule has 4 atom stereocenters. The topological polar surface area (TPSA) is 15.3 Å². The molecule has 25 heavy (non-hydrogen) atoms. The lowest BCUT2D eigenvalue weighted by molar-refractivity contribution is 0.135. The number of nitrogens with one attached hydrogen (secondary N) is 1. The molecule has 1 aromatic rings. The molecule has 0 amide bonds. The summed E-state index contributed by atoms with van der Waals surface area (Å²) in [5, 5.41) is 3.76. The van der Waals surface area contributed by atoms with E-state index < -0.39 is 0 Å². The first-order chi connectivity index (χ1) is 12.3. The molecule has 4 unspecified atom stereocenters. The molecular weight excluding hydrogens is 304 g/mol. The molecule has 0 radical (unpaired) electrons. The molecule has 1 heterocycles. The van der Waals surface area contributed by atoms with Crippen molar-refractivity contribution in [2.24, 2.45) is 11.8 Å². The molecule has 2 aliphatic carbocycles. The number of allylic oxidation sites excluding steroid dienone is 5. The molecule has 1 N–H and O–H groups in total. The highest BCUT2D eigenvalue weighted by molar-refractivity contribution is 5.28. The van der Waals surface area contributed by atoms with E-state index in [1.54, 1.807) is 5.57 Å². The number of hydrogen-bond acceptors (Lipinski definition) is 2. The molecule has 1 saturated heterocycles. The Morgan fingerprint density at radius 2 is 2.04 bits per heavy atom. The van der Waals surface area contributed by atoms with E-state index in [4.69, 9.17) is 0 Å². The van der Waals surface area contributed by atoms with E-state index in [0.29, 0.717) is 18.1 Å². The van der Waals surface area contributed by atoms with Crippen molar-refractivity contribution in [3.05, 3.63) is 71.8 Å². The lowest BCUT2D eigenvalue weighted by atomic mass is 9.79. The van der Waals surface area contributed by atoms with Gasteiger partial charge in [0.2, 0.25) is 0 Å². The molecule has 1 aromatic carbocycles. The Kier molecular flexibility index (Phi) is 5.19. The van der Waals surface area contributed by atoms with Gasteiger partial charge in [-0.25, -0.2) is 0 Å². The maximum absolute atomic E-state index is 3.76. The van der Waals surface area contributed by atoms with Crippen LogP contribution in [0.5, 0.6) is 0 Å². The van der Waals surface area contributed by atoms with E-state index in [1.165, 1.54) is 31.2 Å². The summed E-state index contributed by atoms with van der Waals surface area (Å²) in [6, 6.07) is 11.5. The largest absolute Gasteiger partial charge is 0.297 e. The number of hydrogen-bond donors (Lipinski definition) is 1. The van der Waals surface area contributed by atoms with E-state index in [-0.39, 0.29) is 0 Å². The third-order valence-corrected chi connectivity index (χ3v) is 5.96. The van der Waals surface area contributed by atoms with Crippen LogP contribution in [0.2, 0.25) is 0 Å². The third-order valence-electron chi connectivity index (χ3n) is 5.96. The van der Waals surface area contributed by atoms with Crippen molar-refractivity contribution >= 4 is 0 Å². The maximum atomic E-state index is 3.76. The van der Waals surface area contributed by atoms with Crippen molar-refractivity contribution in [2.45, 2.75) is 44.8 Å². The van der Waals surface area contributed by atoms with Crippen LogP contribution < -0.4 is 5.32 Å². The Morgan fingerprint density at radius 3 is 2.80 bits per heavy atom. The quantitative estimate of drug-likeness (QED) is 0.793. The average Bonchev–Trinajstić information content (AvgIpc) is 3.13. The summed E-state index contributed by atoms with van der Waals surface area (Å²) in [4.78, 5) is 2.75. The van der Waals surface area contributed by atoms with Crippen LogP contribution in [0.4, 0.5) is 0 Å². The van der Waals surface area contributed by atoms with Crippen LogP contribution >= 0.6 is 0 Å². The van der Waals surface area contributed by atoms with Crippen molar-refractivity contribution in [1.29, 1.82) is 0 Å². The van der Waals surface area contributed by atoms with Gasteiger partial charge in [0.1, 0.15) is 0 Å². The SMILES string of the molecule is CC1C=CC=C(C(C2CC=CCC2)N2CCNC2c2ccccc2)C1. The summed E-state index contributed by atoms with van der Waals surface area (Å²) in [7, 11) is 0.